The zero-order valence-corrected chi connectivity index (χ0v) is 10.4. The molecule has 0 N–H and O–H groups in total. The van der Waals surface area contributed by atoms with Gasteiger partial charge in [0.05, 0.1) is 18.8 Å². The van der Waals surface area contributed by atoms with Crippen molar-refractivity contribution in [2.75, 3.05) is 19.6 Å². The van der Waals surface area contributed by atoms with E-state index >= 15 is 0 Å². The molecule has 2 rings (SSSR count). The Morgan fingerprint density at radius 1 is 1.19 bits per heavy atom. The second kappa shape index (κ2) is 5.28. The van der Waals surface area contributed by atoms with E-state index in [-0.39, 0.29) is 12.2 Å². The SMILES string of the molecule is C[C@@H]1CN(CC(=O)C2CCCC2)C[C@H](C)O1. The van der Waals surface area contributed by atoms with E-state index in [0.29, 0.717) is 18.2 Å². The molecule has 1 saturated heterocycles. The molecule has 3 heteroatoms. The molecule has 2 fully saturated rings. The summed E-state index contributed by atoms with van der Waals surface area (Å²) in [5, 5.41) is 0. The number of nitrogens with zero attached hydrogens (tertiary/aromatic N) is 1. The summed E-state index contributed by atoms with van der Waals surface area (Å²) in [5.41, 5.74) is 0. The van der Waals surface area contributed by atoms with Crippen LogP contribution < -0.4 is 0 Å². The van der Waals surface area contributed by atoms with Crippen molar-refractivity contribution in [3.05, 3.63) is 0 Å². The van der Waals surface area contributed by atoms with Gasteiger partial charge in [-0.1, -0.05) is 12.8 Å². The summed E-state index contributed by atoms with van der Waals surface area (Å²) in [4.78, 5) is 14.3. The summed E-state index contributed by atoms with van der Waals surface area (Å²) in [6, 6.07) is 0. The third-order valence-electron chi connectivity index (χ3n) is 3.69. The number of ether oxygens (including phenoxy) is 1. The van der Waals surface area contributed by atoms with Crippen LogP contribution in [0.5, 0.6) is 0 Å². The van der Waals surface area contributed by atoms with Gasteiger partial charge in [-0.3, -0.25) is 9.69 Å². The highest BCUT2D eigenvalue weighted by atomic mass is 16.5. The molecule has 1 aliphatic heterocycles. The minimum Gasteiger partial charge on any atom is -0.373 e. The van der Waals surface area contributed by atoms with Gasteiger partial charge in [-0.05, 0) is 26.7 Å². The van der Waals surface area contributed by atoms with Crippen molar-refractivity contribution in [2.24, 2.45) is 5.92 Å². The molecule has 1 saturated carbocycles. The normalized spacial score (nSPS) is 33.1. The third-order valence-corrected chi connectivity index (χ3v) is 3.69. The first kappa shape index (κ1) is 12.1. The van der Waals surface area contributed by atoms with Crippen LogP contribution in [0.15, 0.2) is 0 Å². The maximum Gasteiger partial charge on any atom is 0.149 e. The fourth-order valence-electron chi connectivity index (χ4n) is 3.01. The predicted octanol–water partition coefficient (Wildman–Crippen LogP) is 1.85. The maximum absolute atomic E-state index is 12.0. The molecule has 16 heavy (non-hydrogen) atoms. The van der Waals surface area contributed by atoms with E-state index in [1.165, 1.54) is 12.8 Å². The van der Waals surface area contributed by atoms with Crippen LogP contribution >= 0.6 is 0 Å². The number of carbonyl (C=O) groups is 1. The van der Waals surface area contributed by atoms with Gasteiger partial charge in [-0.2, -0.15) is 0 Å². The van der Waals surface area contributed by atoms with Crippen molar-refractivity contribution >= 4 is 5.78 Å². The van der Waals surface area contributed by atoms with Gasteiger partial charge in [0.25, 0.3) is 0 Å². The number of Topliss-reactive ketones (excluding diaryl/α,β-unsaturated/α-hetero) is 1. The second-order valence-electron chi connectivity index (χ2n) is 5.40. The van der Waals surface area contributed by atoms with Crippen LogP contribution in [-0.2, 0) is 9.53 Å². The van der Waals surface area contributed by atoms with E-state index < -0.39 is 0 Å². The van der Waals surface area contributed by atoms with Crippen molar-refractivity contribution in [1.82, 2.24) is 4.90 Å². The van der Waals surface area contributed by atoms with Gasteiger partial charge in [-0.25, -0.2) is 0 Å². The number of hydrogen-bond acceptors (Lipinski definition) is 3. The Kier molecular flexibility index (Phi) is 3.98. The van der Waals surface area contributed by atoms with Gasteiger partial charge in [-0.15, -0.1) is 0 Å². The van der Waals surface area contributed by atoms with Crippen LogP contribution in [0.1, 0.15) is 39.5 Å². The first-order valence-corrected chi connectivity index (χ1v) is 6.55. The largest absolute Gasteiger partial charge is 0.373 e. The van der Waals surface area contributed by atoms with E-state index in [1.54, 1.807) is 0 Å². The monoisotopic (exact) mass is 225 g/mol. The molecule has 0 radical (unpaired) electrons. The number of morpholine rings is 1. The van der Waals surface area contributed by atoms with E-state index in [0.717, 1.165) is 25.9 Å². The number of ketones is 1. The molecular formula is C13H23NO2. The van der Waals surface area contributed by atoms with Crippen LogP contribution in [0.25, 0.3) is 0 Å². The van der Waals surface area contributed by atoms with E-state index in [1.807, 2.05) is 0 Å². The second-order valence-corrected chi connectivity index (χ2v) is 5.40. The average molecular weight is 225 g/mol. The molecule has 2 aliphatic rings. The van der Waals surface area contributed by atoms with Crippen molar-refractivity contribution < 1.29 is 9.53 Å². The summed E-state index contributed by atoms with van der Waals surface area (Å²) in [7, 11) is 0. The fraction of sp³-hybridized carbons (Fsp3) is 0.923. The van der Waals surface area contributed by atoms with Gasteiger partial charge >= 0.3 is 0 Å². The molecular weight excluding hydrogens is 202 g/mol. The molecule has 0 aromatic heterocycles. The zero-order valence-electron chi connectivity index (χ0n) is 10.4. The van der Waals surface area contributed by atoms with Crippen molar-refractivity contribution in [3.63, 3.8) is 0 Å². The lowest BCUT2D eigenvalue weighted by Crippen LogP contribution is -2.47. The van der Waals surface area contributed by atoms with E-state index in [4.69, 9.17) is 4.74 Å². The molecule has 0 aromatic rings. The topological polar surface area (TPSA) is 29.5 Å². The Hall–Kier alpha value is -0.410. The Morgan fingerprint density at radius 3 is 2.31 bits per heavy atom. The van der Waals surface area contributed by atoms with Crippen molar-refractivity contribution in [2.45, 2.75) is 51.7 Å². The number of carbonyl (C=O) groups excluding carboxylic acids is 1. The molecule has 2 atom stereocenters. The average Bonchev–Trinajstić information content (AvgIpc) is 2.68. The van der Waals surface area contributed by atoms with Crippen LogP contribution in [0, 0.1) is 5.92 Å². The highest BCUT2D eigenvalue weighted by Gasteiger charge is 2.28. The minimum atomic E-state index is 0.264. The van der Waals surface area contributed by atoms with Crippen LogP contribution in [0.4, 0.5) is 0 Å². The van der Waals surface area contributed by atoms with Crippen molar-refractivity contribution in [1.29, 1.82) is 0 Å². The van der Waals surface area contributed by atoms with Crippen LogP contribution in [0.3, 0.4) is 0 Å². The summed E-state index contributed by atoms with van der Waals surface area (Å²) in [6.45, 7) is 6.62. The Balaban J connectivity index is 1.81. The van der Waals surface area contributed by atoms with Crippen molar-refractivity contribution in [3.8, 4) is 0 Å². The van der Waals surface area contributed by atoms with Gasteiger partial charge < -0.3 is 4.74 Å². The van der Waals surface area contributed by atoms with Gasteiger partial charge in [0.1, 0.15) is 5.78 Å². The number of hydrogen-bond donors (Lipinski definition) is 0. The first-order valence-electron chi connectivity index (χ1n) is 6.55. The first-order chi connectivity index (χ1) is 7.65. The zero-order chi connectivity index (χ0) is 11.5. The maximum atomic E-state index is 12.0. The molecule has 92 valence electrons. The van der Waals surface area contributed by atoms with Gasteiger partial charge in [0, 0.05) is 19.0 Å². The molecule has 0 aromatic carbocycles. The van der Waals surface area contributed by atoms with Gasteiger partial charge in [0.15, 0.2) is 0 Å². The predicted molar refractivity (Wildman–Crippen MR) is 63.4 cm³/mol. The standard InChI is InChI=1S/C13H23NO2/c1-10-7-14(8-11(2)16-10)9-13(15)12-5-3-4-6-12/h10-12H,3-9H2,1-2H3/t10-,11+. The summed E-state index contributed by atoms with van der Waals surface area (Å²) < 4.78 is 5.67. The van der Waals surface area contributed by atoms with Crippen LogP contribution in [-0.4, -0.2) is 42.5 Å². The Labute approximate surface area is 98.1 Å². The molecule has 3 nitrogen and oxygen atoms in total. The lowest BCUT2D eigenvalue weighted by atomic mass is 10.0. The molecule has 0 amide bonds. The van der Waals surface area contributed by atoms with Gasteiger partial charge in [0.2, 0.25) is 0 Å². The summed E-state index contributed by atoms with van der Waals surface area (Å²) in [6.07, 6.45) is 5.25. The highest BCUT2D eigenvalue weighted by Crippen LogP contribution is 2.26. The molecule has 0 spiro atoms. The molecule has 0 unspecified atom stereocenters. The minimum absolute atomic E-state index is 0.264. The smallest absolute Gasteiger partial charge is 0.149 e. The number of rotatable bonds is 3. The lowest BCUT2D eigenvalue weighted by Gasteiger charge is -2.35. The van der Waals surface area contributed by atoms with E-state index in [9.17, 15) is 4.79 Å². The van der Waals surface area contributed by atoms with E-state index in [2.05, 4.69) is 18.7 Å². The summed E-state index contributed by atoms with van der Waals surface area (Å²) >= 11 is 0. The van der Waals surface area contributed by atoms with Crippen LogP contribution in [0.2, 0.25) is 0 Å². The molecule has 0 bridgehead atoms. The molecule has 1 aliphatic carbocycles. The Morgan fingerprint density at radius 2 is 1.75 bits per heavy atom. The molecule has 1 heterocycles. The fourth-order valence-corrected chi connectivity index (χ4v) is 3.01. The lowest BCUT2D eigenvalue weighted by molar-refractivity contribution is -0.127. The highest BCUT2D eigenvalue weighted by molar-refractivity contribution is 5.83. The Bertz CT molecular complexity index is 238. The summed E-state index contributed by atoms with van der Waals surface area (Å²) in [5.74, 6) is 0.812. The third kappa shape index (κ3) is 3.05. The quantitative estimate of drug-likeness (QED) is 0.734.